The highest BCUT2D eigenvalue weighted by molar-refractivity contribution is 7.80. The van der Waals surface area contributed by atoms with E-state index >= 15 is 0 Å². The molecule has 0 amide bonds. The lowest BCUT2D eigenvalue weighted by molar-refractivity contribution is 0.438. The summed E-state index contributed by atoms with van der Waals surface area (Å²) in [5, 5.41) is 4.37. The molecule has 2 aromatic carbocycles. The van der Waals surface area contributed by atoms with E-state index in [1.807, 2.05) is 54.6 Å². The number of nitrogens with one attached hydrogen (secondary N) is 1. The zero-order chi connectivity index (χ0) is 21.4. The zero-order valence-electron chi connectivity index (χ0n) is 16.2. The summed E-state index contributed by atoms with van der Waals surface area (Å²) in [6.45, 7) is 0. The second kappa shape index (κ2) is 8.13. The molecule has 7 heteroatoms. The summed E-state index contributed by atoms with van der Waals surface area (Å²) in [4.78, 5) is 6.26. The summed E-state index contributed by atoms with van der Waals surface area (Å²) in [5.74, 6) is 0.983. The fourth-order valence-corrected chi connectivity index (χ4v) is 4.30. The number of pyridine rings is 1. The Bertz CT molecular complexity index is 1230. The number of benzene rings is 2. The normalized spacial score (nSPS) is 18.3. The highest BCUT2D eigenvalue weighted by Crippen LogP contribution is 2.43. The fourth-order valence-electron chi connectivity index (χ4n) is 3.83. The predicted octanol–water partition coefficient (Wildman–Crippen LogP) is 6.31. The van der Waals surface area contributed by atoms with Crippen LogP contribution in [0.2, 0.25) is 5.02 Å². The van der Waals surface area contributed by atoms with Crippen LogP contribution in [0.1, 0.15) is 23.5 Å². The summed E-state index contributed by atoms with van der Waals surface area (Å²) in [5.41, 5.74) is 2.07. The van der Waals surface area contributed by atoms with E-state index in [9.17, 15) is 4.39 Å². The Balaban J connectivity index is 1.61. The van der Waals surface area contributed by atoms with Gasteiger partial charge in [0.25, 0.3) is 0 Å². The minimum absolute atomic E-state index is 0.308. The van der Waals surface area contributed by atoms with Gasteiger partial charge in [-0.05, 0) is 72.9 Å². The van der Waals surface area contributed by atoms with Crippen molar-refractivity contribution in [3.05, 3.63) is 107 Å². The van der Waals surface area contributed by atoms with Crippen LogP contribution in [-0.2, 0) is 0 Å². The molecular formula is C24H17ClFN3OS. The molecule has 0 spiro atoms. The highest BCUT2D eigenvalue weighted by Gasteiger charge is 2.43. The summed E-state index contributed by atoms with van der Waals surface area (Å²) in [7, 11) is 0. The topological polar surface area (TPSA) is 41.3 Å². The zero-order valence-corrected chi connectivity index (χ0v) is 17.8. The van der Waals surface area contributed by atoms with Gasteiger partial charge in [0, 0.05) is 16.8 Å². The van der Waals surface area contributed by atoms with Crippen LogP contribution >= 0.6 is 23.8 Å². The first-order valence-corrected chi connectivity index (χ1v) is 10.5. The lowest BCUT2D eigenvalue weighted by atomic mass is 10.0. The van der Waals surface area contributed by atoms with Crippen molar-refractivity contribution in [1.29, 1.82) is 0 Å². The van der Waals surface area contributed by atoms with Crippen LogP contribution in [-0.4, -0.2) is 10.1 Å². The van der Waals surface area contributed by atoms with Crippen molar-refractivity contribution < 1.29 is 8.81 Å². The number of anilines is 1. The first kappa shape index (κ1) is 19.7. The van der Waals surface area contributed by atoms with Crippen molar-refractivity contribution in [2.45, 2.75) is 12.1 Å². The molecule has 4 nitrogen and oxygen atoms in total. The summed E-state index contributed by atoms with van der Waals surface area (Å²) >= 11 is 11.6. The number of rotatable bonds is 4. The van der Waals surface area contributed by atoms with Gasteiger partial charge in [-0.1, -0.05) is 29.8 Å². The Morgan fingerprint density at radius 1 is 0.968 bits per heavy atom. The van der Waals surface area contributed by atoms with E-state index in [2.05, 4.69) is 10.3 Å². The standard InChI is InChI=1S/C24H17ClFN3OS/c25-16-10-8-15(9-11-16)20-12-13-21(30-20)23-22(18-6-3-4-14-27-18)28-24(31)29(23)19-7-2-1-5-17(19)26/h1-14,22-23H,(H,28,31)/t22-,23+/m0/s1. The largest absolute Gasteiger partial charge is 0.459 e. The average molecular weight is 450 g/mol. The molecular weight excluding hydrogens is 433 g/mol. The molecule has 1 fully saturated rings. The maximum Gasteiger partial charge on any atom is 0.174 e. The molecule has 0 aliphatic carbocycles. The van der Waals surface area contributed by atoms with Crippen molar-refractivity contribution in [2.75, 3.05) is 4.90 Å². The number of thiocarbonyl (C=S) groups is 1. The third-order valence-corrected chi connectivity index (χ3v) is 5.82. The number of hydrogen-bond acceptors (Lipinski definition) is 3. The van der Waals surface area contributed by atoms with Crippen LogP contribution in [0.4, 0.5) is 10.1 Å². The maximum atomic E-state index is 14.8. The molecule has 3 heterocycles. The van der Waals surface area contributed by atoms with E-state index < -0.39 is 6.04 Å². The smallest absolute Gasteiger partial charge is 0.174 e. The quantitative estimate of drug-likeness (QED) is 0.370. The molecule has 5 rings (SSSR count). The number of para-hydroxylation sites is 1. The molecule has 0 saturated carbocycles. The maximum absolute atomic E-state index is 14.8. The molecule has 1 N–H and O–H groups in total. The third kappa shape index (κ3) is 3.69. The number of nitrogens with zero attached hydrogens (tertiary/aromatic N) is 2. The second-order valence-corrected chi connectivity index (χ2v) is 7.98. The monoisotopic (exact) mass is 449 g/mol. The highest BCUT2D eigenvalue weighted by atomic mass is 35.5. The summed E-state index contributed by atoms with van der Waals surface area (Å²) in [6, 6.07) is 22.7. The van der Waals surface area contributed by atoms with Gasteiger partial charge in [0.15, 0.2) is 5.11 Å². The van der Waals surface area contributed by atoms with E-state index in [1.54, 1.807) is 29.3 Å². The molecule has 0 unspecified atom stereocenters. The van der Waals surface area contributed by atoms with Gasteiger partial charge in [-0.15, -0.1) is 0 Å². The van der Waals surface area contributed by atoms with Crippen LogP contribution < -0.4 is 10.2 Å². The van der Waals surface area contributed by atoms with E-state index in [0.717, 1.165) is 11.3 Å². The van der Waals surface area contributed by atoms with E-state index in [1.165, 1.54) is 6.07 Å². The molecule has 154 valence electrons. The van der Waals surface area contributed by atoms with Crippen LogP contribution in [0.25, 0.3) is 11.3 Å². The molecule has 0 radical (unpaired) electrons. The molecule has 4 aromatic rings. The summed E-state index contributed by atoms with van der Waals surface area (Å²) < 4.78 is 21.0. The third-order valence-electron chi connectivity index (χ3n) is 5.26. The SMILES string of the molecule is Fc1ccccc1N1C(=S)N[C@@H](c2ccccn2)[C@H]1c1ccc(-c2ccc(Cl)cc2)o1. The molecule has 31 heavy (non-hydrogen) atoms. The Labute approximate surface area is 189 Å². The van der Waals surface area contributed by atoms with Crippen LogP contribution in [0, 0.1) is 5.82 Å². The van der Waals surface area contributed by atoms with Crippen molar-refractivity contribution in [3.63, 3.8) is 0 Å². The minimum atomic E-state index is -0.416. The molecule has 0 bridgehead atoms. The van der Waals surface area contributed by atoms with Gasteiger partial charge >= 0.3 is 0 Å². The minimum Gasteiger partial charge on any atom is -0.459 e. The lowest BCUT2D eigenvalue weighted by Gasteiger charge is -2.26. The van der Waals surface area contributed by atoms with Crippen molar-refractivity contribution in [1.82, 2.24) is 10.3 Å². The van der Waals surface area contributed by atoms with Crippen molar-refractivity contribution >= 4 is 34.6 Å². The van der Waals surface area contributed by atoms with E-state index in [0.29, 0.717) is 27.3 Å². The Hall–Kier alpha value is -3.22. The van der Waals surface area contributed by atoms with Gasteiger partial charge in [0.1, 0.15) is 23.4 Å². The number of furan rings is 1. The van der Waals surface area contributed by atoms with Gasteiger partial charge < -0.3 is 14.6 Å². The van der Waals surface area contributed by atoms with Gasteiger partial charge in [-0.25, -0.2) is 4.39 Å². The predicted molar refractivity (Wildman–Crippen MR) is 123 cm³/mol. The van der Waals surface area contributed by atoms with E-state index in [4.69, 9.17) is 28.2 Å². The Morgan fingerprint density at radius 3 is 2.48 bits per heavy atom. The Morgan fingerprint density at radius 2 is 1.74 bits per heavy atom. The van der Waals surface area contributed by atoms with Gasteiger partial charge in [-0.3, -0.25) is 4.98 Å². The molecule has 1 saturated heterocycles. The Kier molecular flexibility index (Phi) is 5.18. The number of aromatic nitrogens is 1. The second-order valence-electron chi connectivity index (χ2n) is 7.16. The van der Waals surface area contributed by atoms with Gasteiger partial charge in [0.05, 0.1) is 17.4 Å². The first-order chi connectivity index (χ1) is 15.1. The lowest BCUT2D eigenvalue weighted by Crippen LogP contribution is -2.30. The molecule has 2 atom stereocenters. The fraction of sp³-hybridized carbons (Fsp3) is 0.0833. The van der Waals surface area contributed by atoms with Crippen LogP contribution in [0.5, 0.6) is 0 Å². The summed E-state index contributed by atoms with van der Waals surface area (Å²) in [6.07, 6.45) is 1.73. The van der Waals surface area contributed by atoms with Crippen LogP contribution in [0.15, 0.2) is 89.5 Å². The number of halogens is 2. The van der Waals surface area contributed by atoms with Crippen LogP contribution in [0.3, 0.4) is 0 Å². The molecule has 1 aliphatic rings. The van der Waals surface area contributed by atoms with E-state index in [-0.39, 0.29) is 11.9 Å². The number of hydrogen-bond donors (Lipinski definition) is 1. The van der Waals surface area contributed by atoms with Gasteiger partial charge in [0.2, 0.25) is 0 Å². The first-order valence-electron chi connectivity index (χ1n) is 9.72. The molecule has 1 aliphatic heterocycles. The van der Waals surface area contributed by atoms with Gasteiger partial charge in [-0.2, -0.15) is 0 Å². The molecule has 2 aromatic heterocycles. The average Bonchev–Trinajstić information content (AvgIpc) is 3.40. The van der Waals surface area contributed by atoms with Crippen molar-refractivity contribution in [2.24, 2.45) is 0 Å². The van der Waals surface area contributed by atoms with Crippen molar-refractivity contribution in [3.8, 4) is 11.3 Å².